The second kappa shape index (κ2) is 15.4. The smallest absolute Gasteiger partial charge is 0.229 e. The summed E-state index contributed by atoms with van der Waals surface area (Å²) in [4.78, 5) is 6.90. The van der Waals surface area contributed by atoms with Gasteiger partial charge in [-0.2, -0.15) is 5.26 Å². The summed E-state index contributed by atoms with van der Waals surface area (Å²) in [5, 5.41) is 26.5. The van der Waals surface area contributed by atoms with Crippen molar-refractivity contribution in [1.82, 2.24) is 29.6 Å². The number of allylic oxidation sites excluding steroid dienone is 3. The minimum Gasteiger partial charge on any atom is -0.373 e. The number of nitrogens with one attached hydrogen (secondary N) is 3. The monoisotopic (exact) mass is 751 g/mol. The van der Waals surface area contributed by atoms with Gasteiger partial charge in [-0.25, -0.2) is 17.5 Å². The fraction of sp³-hybridized carbons (Fsp3) is 0.333. The van der Waals surface area contributed by atoms with E-state index in [0.29, 0.717) is 50.0 Å². The average Bonchev–Trinajstić information content (AvgIpc) is 3.54. The van der Waals surface area contributed by atoms with Crippen LogP contribution in [-0.2, 0) is 10.0 Å². The van der Waals surface area contributed by atoms with E-state index in [1.165, 1.54) is 24.4 Å². The number of pyridine rings is 1. The summed E-state index contributed by atoms with van der Waals surface area (Å²) in [6, 6.07) is 9.46. The third-order valence-electron chi connectivity index (χ3n) is 8.53. The molecule has 51 heavy (non-hydrogen) atoms. The molecule has 1 fully saturated rings. The Balaban J connectivity index is 1.51. The molecule has 0 spiro atoms. The first-order valence-corrected chi connectivity index (χ1v) is 18.9. The fourth-order valence-corrected chi connectivity index (χ4v) is 7.05. The van der Waals surface area contributed by atoms with Crippen molar-refractivity contribution < 1.29 is 12.8 Å². The molecule has 1 saturated heterocycles. The molecule has 2 aromatic heterocycles. The van der Waals surface area contributed by atoms with E-state index in [0.717, 1.165) is 32.2 Å². The summed E-state index contributed by atoms with van der Waals surface area (Å²) in [5.74, 6) is -0.568. The summed E-state index contributed by atoms with van der Waals surface area (Å²) in [6.45, 7) is 14.5. The molecule has 0 bridgehead atoms. The highest BCUT2D eigenvalue weighted by Crippen LogP contribution is 2.37. The van der Waals surface area contributed by atoms with Crippen LogP contribution in [0.4, 0.5) is 21.5 Å². The minimum atomic E-state index is -3.43. The van der Waals surface area contributed by atoms with Crippen LogP contribution in [0, 0.1) is 17.1 Å². The second-order valence-electron chi connectivity index (χ2n) is 13.5. The van der Waals surface area contributed by atoms with Gasteiger partial charge >= 0.3 is 0 Å². The number of sulfonamides is 1. The Morgan fingerprint density at radius 3 is 2.51 bits per heavy atom. The molecule has 15 heteroatoms. The number of likely N-dealkylation sites (tertiary alicyclic amines) is 1. The van der Waals surface area contributed by atoms with Gasteiger partial charge in [0.1, 0.15) is 17.6 Å². The van der Waals surface area contributed by atoms with Crippen molar-refractivity contribution in [2.24, 2.45) is 0 Å². The molecule has 1 aliphatic heterocycles. The number of nitrogens with zero attached hydrogens (tertiary/aromatic N) is 6. The van der Waals surface area contributed by atoms with Crippen molar-refractivity contribution >= 4 is 61.2 Å². The highest BCUT2D eigenvalue weighted by atomic mass is 35.5. The first kappa shape index (κ1) is 37.8. The van der Waals surface area contributed by atoms with E-state index >= 15 is 0 Å². The van der Waals surface area contributed by atoms with Gasteiger partial charge in [-0.05, 0) is 82.5 Å². The van der Waals surface area contributed by atoms with Crippen molar-refractivity contribution in [3.8, 4) is 6.07 Å². The zero-order chi connectivity index (χ0) is 37.1. The van der Waals surface area contributed by atoms with E-state index in [4.69, 9.17) is 23.2 Å². The molecule has 0 saturated carbocycles. The third-order valence-corrected chi connectivity index (χ3v) is 9.80. The van der Waals surface area contributed by atoms with Crippen molar-refractivity contribution in [1.29, 1.82) is 5.26 Å². The predicted molar refractivity (Wildman–Crippen MR) is 202 cm³/mol. The number of aromatic nitrogens is 4. The van der Waals surface area contributed by atoms with Crippen LogP contribution < -0.4 is 15.4 Å². The van der Waals surface area contributed by atoms with Crippen molar-refractivity contribution in [2.45, 2.75) is 58.2 Å². The quantitative estimate of drug-likeness (QED) is 0.130. The topological polar surface area (TPSA) is 141 Å². The Labute approximate surface area is 307 Å². The molecular weight excluding hydrogens is 712 g/mol. The van der Waals surface area contributed by atoms with Gasteiger partial charge < -0.3 is 10.6 Å². The van der Waals surface area contributed by atoms with Gasteiger partial charge in [0.2, 0.25) is 10.0 Å². The van der Waals surface area contributed by atoms with Crippen LogP contribution in [0.3, 0.4) is 0 Å². The predicted octanol–water partition coefficient (Wildman–Crippen LogP) is 8.04. The van der Waals surface area contributed by atoms with E-state index in [2.05, 4.69) is 69.0 Å². The van der Waals surface area contributed by atoms with Crippen LogP contribution in [0.15, 0.2) is 78.8 Å². The molecular formula is C36H40Cl2FN9O2S. The van der Waals surface area contributed by atoms with Gasteiger partial charge in [-0.3, -0.25) is 14.6 Å². The number of anilines is 3. The first-order chi connectivity index (χ1) is 24.0. The molecule has 11 nitrogen and oxygen atoms in total. The Hall–Kier alpha value is -4.48. The van der Waals surface area contributed by atoms with Gasteiger partial charge in [0.05, 0.1) is 51.3 Å². The summed E-state index contributed by atoms with van der Waals surface area (Å²) >= 11 is 12.8. The van der Waals surface area contributed by atoms with Crippen molar-refractivity contribution in [3.63, 3.8) is 0 Å². The number of nitriles is 1. The summed E-state index contributed by atoms with van der Waals surface area (Å²) in [6.07, 6.45) is 11.4. The van der Waals surface area contributed by atoms with E-state index in [1.54, 1.807) is 37.3 Å². The SMILES string of the molecule is C=C(/C=C\C=C(/C)NS(C)(=O)=O)[C@H](Nc1cc(Cl)c2ncc(C#N)c(Nc3ccc(F)c(Cl)c3)c2c1)c1cn(C2CCN(C(C)(C)C)CC2)nn1. The zero-order valence-corrected chi connectivity index (χ0v) is 31.3. The fourth-order valence-electron chi connectivity index (χ4n) is 5.94. The van der Waals surface area contributed by atoms with E-state index in [-0.39, 0.29) is 22.2 Å². The van der Waals surface area contributed by atoms with Crippen LogP contribution in [-0.4, -0.2) is 58.2 Å². The summed E-state index contributed by atoms with van der Waals surface area (Å²) < 4.78 is 41.6. The molecule has 1 atom stereocenters. The number of halogens is 3. The third kappa shape index (κ3) is 9.45. The maximum atomic E-state index is 13.9. The number of rotatable bonds is 11. The summed E-state index contributed by atoms with van der Waals surface area (Å²) in [5.41, 5.74) is 3.87. The normalized spacial score (nSPS) is 15.5. The number of hydrogen-bond acceptors (Lipinski definition) is 9. The Morgan fingerprint density at radius 1 is 1.16 bits per heavy atom. The molecule has 0 amide bonds. The molecule has 4 aromatic rings. The molecule has 0 aliphatic carbocycles. The highest BCUT2D eigenvalue weighted by molar-refractivity contribution is 7.88. The molecule has 0 radical (unpaired) electrons. The molecule has 0 unspecified atom stereocenters. The van der Waals surface area contributed by atoms with Crippen molar-refractivity contribution in [3.05, 3.63) is 106 Å². The highest BCUT2D eigenvalue weighted by Gasteiger charge is 2.29. The van der Waals surface area contributed by atoms with Crippen LogP contribution in [0.1, 0.15) is 63.9 Å². The Morgan fingerprint density at radius 2 is 1.86 bits per heavy atom. The largest absolute Gasteiger partial charge is 0.373 e. The lowest BCUT2D eigenvalue weighted by Crippen LogP contribution is -2.46. The van der Waals surface area contributed by atoms with Gasteiger partial charge in [-0.1, -0.05) is 47.1 Å². The van der Waals surface area contributed by atoms with Gasteiger partial charge in [-0.15, -0.1) is 5.10 Å². The standard InChI is InChI=1S/C36H40Cl2FN9O2S/c1-22(8-7-9-23(2)45-51(6,49)50)33(32-21-48(46-44-32)27-12-14-47(15-13-27)36(3,4)5)43-26-16-28-34(42-25-10-11-31(39)29(37)17-25)24(19-40)20-41-35(28)30(38)18-26/h7-11,16-18,20-21,27,33,43,45H,1,12-15H2,2-6H3,(H,41,42)/b8-7-,23-9+/t33-/m0/s1. The van der Waals surface area contributed by atoms with Gasteiger partial charge in [0.15, 0.2) is 0 Å². The van der Waals surface area contributed by atoms with E-state index < -0.39 is 21.9 Å². The molecule has 268 valence electrons. The molecule has 2 aromatic carbocycles. The lowest BCUT2D eigenvalue weighted by Gasteiger charge is -2.40. The van der Waals surface area contributed by atoms with E-state index in [9.17, 15) is 18.1 Å². The molecule has 5 rings (SSSR count). The Kier molecular flexibility index (Phi) is 11.4. The Bertz CT molecular complexity index is 2160. The maximum absolute atomic E-state index is 13.9. The molecule has 3 N–H and O–H groups in total. The number of fused-ring (bicyclic) bond motifs is 1. The van der Waals surface area contributed by atoms with Gasteiger partial charge in [0.25, 0.3) is 0 Å². The number of hydrogen-bond donors (Lipinski definition) is 3. The van der Waals surface area contributed by atoms with E-state index in [1.807, 2.05) is 10.9 Å². The average molecular weight is 753 g/mol. The molecule has 1 aliphatic rings. The first-order valence-electron chi connectivity index (χ1n) is 16.2. The lowest BCUT2D eigenvalue weighted by molar-refractivity contribution is 0.0866. The van der Waals surface area contributed by atoms with Crippen LogP contribution in [0.25, 0.3) is 10.9 Å². The van der Waals surface area contributed by atoms with Gasteiger partial charge in [0, 0.05) is 47.3 Å². The molecule has 3 heterocycles. The maximum Gasteiger partial charge on any atom is 0.229 e. The van der Waals surface area contributed by atoms with Crippen molar-refractivity contribution in [2.75, 3.05) is 30.0 Å². The minimum absolute atomic E-state index is 0.0726. The van der Waals surface area contributed by atoms with Crippen LogP contribution >= 0.6 is 23.2 Å². The second-order valence-corrected chi connectivity index (χ2v) is 16.1. The number of benzene rings is 2. The number of piperidine rings is 1. The summed E-state index contributed by atoms with van der Waals surface area (Å²) in [7, 11) is -3.43. The van der Waals surface area contributed by atoms with Crippen LogP contribution in [0.2, 0.25) is 10.0 Å². The zero-order valence-electron chi connectivity index (χ0n) is 29.0. The lowest BCUT2D eigenvalue weighted by atomic mass is 9.98. The van der Waals surface area contributed by atoms with Crippen LogP contribution in [0.5, 0.6) is 0 Å².